The van der Waals surface area contributed by atoms with Crippen LogP contribution in [0.2, 0.25) is 0 Å². The number of rotatable bonds is 8. The summed E-state index contributed by atoms with van der Waals surface area (Å²) >= 11 is 2.94. The molecule has 0 aliphatic heterocycles. The third-order valence-corrected chi connectivity index (χ3v) is 8.07. The van der Waals surface area contributed by atoms with E-state index in [9.17, 15) is 13.2 Å². The lowest BCUT2D eigenvalue weighted by Crippen LogP contribution is -2.31. The summed E-state index contributed by atoms with van der Waals surface area (Å²) in [6, 6.07) is 5.26. The Labute approximate surface area is 163 Å². The topological polar surface area (TPSA) is 75.3 Å². The van der Waals surface area contributed by atoms with Crippen LogP contribution in [0.25, 0.3) is 0 Å². The lowest BCUT2D eigenvalue weighted by atomic mass is 9.97. The van der Waals surface area contributed by atoms with Crippen molar-refractivity contribution in [2.24, 2.45) is 5.92 Å². The highest BCUT2D eigenvalue weighted by Crippen LogP contribution is 2.32. The molecule has 1 atom stereocenters. The molecule has 0 spiro atoms. The molecule has 2 aromatic rings. The van der Waals surface area contributed by atoms with Crippen LogP contribution in [0.5, 0.6) is 0 Å². The fourth-order valence-corrected chi connectivity index (χ4v) is 6.45. The van der Waals surface area contributed by atoms with Gasteiger partial charge in [0.05, 0.1) is 6.04 Å². The molecule has 0 saturated carbocycles. The Bertz CT molecular complexity index is 866. The summed E-state index contributed by atoms with van der Waals surface area (Å²) < 4.78 is 28.9. The summed E-state index contributed by atoms with van der Waals surface area (Å²) in [6.45, 7) is 10.1. The highest BCUT2D eigenvalue weighted by molar-refractivity contribution is 7.91. The van der Waals surface area contributed by atoms with Gasteiger partial charge in [0.1, 0.15) is 4.21 Å². The summed E-state index contributed by atoms with van der Waals surface area (Å²) in [5.74, 6) is 0.0499. The first-order chi connectivity index (χ1) is 12.1. The Kier molecular flexibility index (Phi) is 7.01. The van der Waals surface area contributed by atoms with Crippen molar-refractivity contribution in [3.63, 3.8) is 0 Å². The second-order valence-corrected chi connectivity index (χ2v) is 11.2. The van der Waals surface area contributed by atoms with Gasteiger partial charge in [0, 0.05) is 28.1 Å². The second kappa shape index (κ2) is 8.65. The van der Waals surface area contributed by atoms with Crippen LogP contribution in [-0.4, -0.2) is 20.9 Å². The molecule has 2 heterocycles. The van der Waals surface area contributed by atoms with Crippen LogP contribution in [0.15, 0.2) is 22.4 Å². The van der Waals surface area contributed by atoms with Gasteiger partial charge in [-0.15, -0.1) is 22.7 Å². The Morgan fingerprint density at radius 2 is 1.88 bits per heavy atom. The molecule has 1 unspecified atom stereocenters. The summed E-state index contributed by atoms with van der Waals surface area (Å²) in [7, 11) is -3.59. The Morgan fingerprint density at radius 1 is 1.19 bits per heavy atom. The van der Waals surface area contributed by atoms with Crippen LogP contribution in [-0.2, 0) is 21.2 Å². The number of nitrogens with one attached hydrogen (secondary N) is 2. The van der Waals surface area contributed by atoms with E-state index >= 15 is 0 Å². The number of carbonyl (C=O) groups is 1. The SMILES string of the molecule is CC(=O)NCCc1ccc(S(=O)(=O)NC(c2cc(C)sc2C)C(C)C)s1. The van der Waals surface area contributed by atoms with Gasteiger partial charge < -0.3 is 5.32 Å². The average Bonchev–Trinajstić information content (AvgIpc) is 3.11. The van der Waals surface area contributed by atoms with E-state index in [2.05, 4.69) is 16.1 Å². The fourth-order valence-electron chi connectivity index (χ4n) is 2.74. The normalized spacial score (nSPS) is 13.2. The quantitative estimate of drug-likeness (QED) is 0.690. The first-order valence-corrected chi connectivity index (χ1v) is 11.6. The Morgan fingerprint density at radius 3 is 2.42 bits per heavy atom. The number of thiophene rings is 2. The predicted molar refractivity (Wildman–Crippen MR) is 108 cm³/mol. The number of carbonyl (C=O) groups excluding carboxylic acids is 1. The van der Waals surface area contributed by atoms with E-state index in [4.69, 9.17) is 0 Å². The highest BCUT2D eigenvalue weighted by Gasteiger charge is 2.27. The first-order valence-electron chi connectivity index (χ1n) is 8.52. The van der Waals surface area contributed by atoms with Gasteiger partial charge in [-0.3, -0.25) is 4.79 Å². The average molecular weight is 415 g/mol. The molecule has 2 rings (SSSR count). The molecule has 0 aliphatic carbocycles. The molecule has 2 N–H and O–H groups in total. The molecule has 5 nitrogen and oxygen atoms in total. The van der Waals surface area contributed by atoms with Crippen LogP contribution in [0.3, 0.4) is 0 Å². The molecule has 0 bridgehead atoms. The Balaban J connectivity index is 2.17. The summed E-state index contributed by atoms with van der Waals surface area (Å²) in [4.78, 5) is 14.2. The summed E-state index contributed by atoms with van der Waals surface area (Å²) in [5, 5.41) is 2.72. The van der Waals surface area contributed by atoms with E-state index in [0.29, 0.717) is 17.2 Å². The number of hydrogen-bond acceptors (Lipinski definition) is 5. The van der Waals surface area contributed by atoms with Gasteiger partial charge in [0.25, 0.3) is 10.0 Å². The van der Waals surface area contributed by atoms with Gasteiger partial charge in [-0.25, -0.2) is 13.1 Å². The van der Waals surface area contributed by atoms with E-state index in [1.54, 1.807) is 17.4 Å². The molecular weight excluding hydrogens is 388 g/mol. The van der Waals surface area contributed by atoms with E-state index in [0.717, 1.165) is 15.3 Å². The van der Waals surface area contributed by atoms with Gasteiger partial charge in [-0.05, 0) is 49.9 Å². The fraction of sp³-hybridized carbons (Fsp3) is 0.500. The third-order valence-electron chi connectivity index (χ3n) is 4.01. The lowest BCUT2D eigenvalue weighted by molar-refractivity contribution is -0.118. The zero-order chi connectivity index (χ0) is 19.5. The van der Waals surface area contributed by atoms with Crippen LogP contribution < -0.4 is 10.0 Å². The van der Waals surface area contributed by atoms with Crippen molar-refractivity contribution in [1.29, 1.82) is 0 Å². The van der Waals surface area contributed by atoms with Crippen molar-refractivity contribution in [3.05, 3.63) is 38.4 Å². The van der Waals surface area contributed by atoms with Crippen LogP contribution in [0.1, 0.15) is 47.0 Å². The van der Waals surface area contributed by atoms with Crippen molar-refractivity contribution >= 4 is 38.6 Å². The molecule has 0 saturated heterocycles. The molecular formula is C18H26N2O3S3. The van der Waals surface area contributed by atoms with E-state index in [-0.39, 0.29) is 17.9 Å². The molecule has 1 amide bonds. The molecule has 0 radical (unpaired) electrons. The van der Waals surface area contributed by atoms with Gasteiger partial charge >= 0.3 is 0 Å². The van der Waals surface area contributed by atoms with Gasteiger partial charge in [0.15, 0.2) is 0 Å². The number of sulfonamides is 1. The van der Waals surface area contributed by atoms with Gasteiger partial charge in [-0.1, -0.05) is 13.8 Å². The number of amides is 1. The minimum Gasteiger partial charge on any atom is -0.356 e. The molecule has 0 fully saturated rings. The highest BCUT2D eigenvalue weighted by atomic mass is 32.2. The molecule has 144 valence electrons. The standard InChI is InChI=1S/C18H26N2O3S3/c1-11(2)18(16-10-12(3)24-13(16)4)20-26(22,23)17-7-6-15(25-17)8-9-19-14(5)21/h6-7,10-11,18,20H,8-9H2,1-5H3,(H,19,21). The monoisotopic (exact) mass is 414 g/mol. The smallest absolute Gasteiger partial charge is 0.250 e. The minimum atomic E-state index is -3.59. The van der Waals surface area contributed by atoms with Gasteiger partial charge in [-0.2, -0.15) is 0 Å². The molecule has 26 heavy (non-hydrogen) atoms. The molecule has 8 heteroatoms. The maximum atomic E-state index is 12.9. The molecule has 2 aromatic heterocycles. The van der Waals surface area contributed by atoms with E-state index in [1.165, 1.54) is 23.1 Å². The van der Waals surface area contributed by atoms with Crippen LogP contribution in [0, 0.1) is 19.8 Å². The number of hydrogen-bond donors (Lipinski definition) is 2. The first kappa shape index (κ1) is 21.1. The van der Waals surface area contributed by atoms with Crippen molar-refractivity contribution in [1.82, 2.24) is 10.0 Å². The summed E-state index contributed by atoms with van der Waals surface area (Å²) in [6.07, 6.45) is 0.621. The van der Waals surface area contributed by atoms with Crippen molar-refractivity contribution in [2.75, 3.05) is 6.54 Å². The maximum Gasteiger partial charge on any atom is 0.250 e. The van der Waals surface area contributed by atoms with Crippen LogP contribution >= 0.6 is 22.7 Å². The van der Waals surface area contributed by atoms with Crippen LogP contribution in [0.4, 0.5) is 0 Å². The van der Waals surface area contributed by atoms with E-state index in [1.807, 2.05) is 33.8 Å². The maximum absolute atomic E-state index is 12.9. The number of aryl methyl sites for hydroxylation is 2. The van der Waals surface area contributed by atoms with E-state index < -0.39 is 10.0 Å². The van der Waals surface area contributed by atoms with Crippen molar-refractivity contribution in [3.8, 4) is 0 Å². The summed E-state index contributed by atoms with van der Waals surface area (Å²) in [5.41, 5.74) is 1.05. The zero-order valence-corrected chi connectivity index (χ0v) is 18.2. The van der Waals surface area contributed by atoms with Crippen molar-refractivity contribution < 1.29 is 13.2 Å². The molecule has 0 aromatic carbocycles. The Hall–Kier alpha value is -1.22. The minimum absolute atomic E-state index is 0.0859. The lowest BCUT2D eigenvalue weighted by Gasteiger charge is -2.22. The largest absolute Gasteiger partial charge is 0.356 e. The molecule has 0 aliphatic rings. The van der Waals surface area contributed by atoms with Gasteiger partial charge in [0.2, 0.25) is 5.91 Å². The third kappa shape index (κ3) is 5.39. The van der Waals surface area contributed by atoms with Crippen molar-refractivity contribution in [2.45, 2.75) is 51.3 Å². The zero-order valence-electron chi connectivity index (χ0n) is 15.8. The predicted octanol–water partition coefficient (Wildman–Crippen LogP) is 3.78. The second-order valence-electron chi connectivity index (χ2n) is 6.67.